The van der Waals surface area contributed by atoms with Crippen LogP contribution in [0.3, 0.4) is 0 Å². The molecule has 0 saturated heterocycles. The van der Waals surface area contributed by atoms with Gasteiger partial charge in [-0.2, -0.15) is 0 Å². The van der Waals surface area contributed by atoms with Gasteiger partial charge in [-0.15, -0.1) is 0 Å². The predicted octanol–water partition coefficient (Wildman–Crippen LogP) is 4.98. The van der Waals surface area contributed by atoms with Crippen molar-refractivity contribution in [1.29, 1.82) is 0 Å². The molecule has 0 heterocycles. The Hall–Kier alpha value is 0.499. The Morgan fingerprint density at radius 3 is 2.07 bits per heavy atom. The van der Waals surface area contributed by atoms with Crippen molar-refractivity contribution < 1.29 is 0 Å². The van der Waals surface area contributed by atoms with Crippen molar-refractivity contribution in [2.45, 2.75) is 32.6 Å². The standard InChI is InChI=1S/C6H4Br.C3H7.3CH3.Sn/c7-6-4-2-1-3-5-6;1-3-2;;;;/h1-4H;1,3H2,2H3;3*1H3;. The summed E-state index contributed by atoms with van der Waals surface area (Å²) < 4.78 is 2.56. The molecule has 0 aromatic heterocycles. The van der Waals surface area contributed by atoms with Gasteiger partial charge in [0, 0.05) is 4.47 Å². The molecule has 0 spiro atoms. The molecule has 79 valence electrons. The molecular formula is C12H20BrSn. The van der Waals surface area contributed by atoms with Crippen LogP contribution in [0.2, 0.25) is 19.3 Å². The van der Waals surface area contributed by atoms with E-state index in [1.807, 2.05) is 24.3 Å². The number of hydrogen-bond acceptors (Lipinski definition) is 0. The van der Waals surface area contributed by atoms with Gasteiger partial charge in [0.15, 0.2) is 0 Å². The Bertz CT molecular complexity index is 226. The number of benzene rings is 1. The van der Waals surface area contributed by atoms with Crippen LogP contribution in [0.15, 0.2) is 28.7 Å². The fourth-order valence-electron chi connectivity index (χ4n) is 1.12. The van der Waals surface area contributed by atoms with Crippen molar-refractivity contribution in [2.75, 3.05) is 0 Å². The topological polar surface area (TPSA) is 0 Å². The third-order valence-corrected chi connectivity index (χ3v) is 7.87. The zero-order chi connectivity index (χ0) is 11.0. The van der Waals surface area contributed by atoms with Gasteiger partial charge in [-0.05, 0) is 12.1 Å². The van der Waals surface area contributed by atoms with Crippen LogP contribution in [0.1, 0.15) is 13.3 Å². The Morgan fingerprint density at radius 2 is 1.93 bits per heavy atom. The molecule has 0 bridgehead atoms. The number of rotatable bonds is 2. The summed E-state index contributed by atoms with van der Waals surface area (Å²) in [5.74, 6) is 0. The minimum atomic E-state index is -1.28. The first kappa shape index (κ1) is 14.5. The van der Waals surface area contributed by atoms with Crippen molar-refractivity contribution in [2.24, 2.45) is 0 Å². The SMILES string of the molecule is Brc1[c]cccc1.CC[CH2][Sn]([CH3])([CH3])[CH3]. The second kappa shape index (κ2) is 7.75. The summed E-state index contributed by atoms with van der Waals surface area (Å²) in [6, 6.07) is 10.7. The van der Waals surface area contributed by atoms with Gasteiger partial charge in [0.1, 0.15) is 0 Å². The molecule has 14 heavy (non-hydrogen) atoms. The molecule has 2 heteroatoms. The van der Waals surface area contributed by atoms with E-state index in [1.165, 1.54) is 6.42 Å². The van der Waals surface area contributed by atoms with Crippen molar-refractivity contribution in [3.63, 3.8) is 0 Å². The quantitative estimate of drug-likeness (QED) is 0.650. The van der Waals surface area contributed by atoms with E-state index in [-0.39, 0.29) is 0 Å². The molecule has 1 radical (unpaired) electrons. The summed E-state index contributed by atoms with van der Waals surface area (Å²) in [7, 11) is 0. The van der Waals surface area contributed by atoms with Gasteiger partial charge in [-0.25, -0.2) is 0 Å². The van der Waals surface area contributed by atoms with Gasteiger partial charge in [0.25, 0.3) is 0 Å². The molecule has 0 aliphatic heterocycles. The third kappa shape index (κ3) is 10.6. The van der Waals surface area contributed by atoms with E-state index in [0.29, 0.717) is 0 Å². The van der Waals surface area contributed by atoms with Crippen molar-refractivity contribution in [3.05, 3.63) is 34.8 Å². The van der Waals surface area contributed by atoms with Crippen LogP contribution in [0.4, 0.5) is 0 Å². The van der Waals surface area contributed by atoms with Crippen molar-refractivity contribution >= 4 is 34.3 Å². The first-order valence-corrected chi connectivity index (χ1v) is 16.5. The van der Waals surface area contributed by atoms with E-state index in [0.717, 1.165) is 4.47 Å². The second-order valence-electron chi connectivity index (χ2n) is 4.52. The summed E-state index contributed by atoms with van der Waals surface area (Å²) in [6.07, 6.45) is 1.40. The second-order valence-corrected chi connectivity index (χ2v) is 21.4. The minimum absolute atomic E-state index is 1.01. The summed E-state index contributed by atoms with van der Waals surface area (Å²) in [4.78, 5) is 7.45. The van der Waals surface area contributed by atoms with Crippen LogP contribution in [0.5, 0.6) is 0 Å². The summed E-state index contributed by atoms with van der Waals surface area (Å²) in [5, 5.41) is 0. The molecule has 1 aromatic carbocycles. The van der Waals surface area contributed by atoms with Crippen LogP contribution in [-0.4, -0.2) is 18.4 Å². The normalized spacial score (nSPS) is 10.4. The first-order valence-electron chi connectivity index (χ1n) is 5.08. The summed E-state index contributed by atoms with van der Waals surface area (Å²) in [5.41, 5.74) is 0. The summed E-state index contributed by atoms with van der Waals surface area (Å²) in [6.45, 7) is 2.28. The molecule has 0 amide bonds. The first-order chi connectivity index (χ1) is 6.45. The molecule has 0 unspecified atom stereocenters. The van der Waals surface area contributed by atoms with Crippen LogP contribution >= 0.6 is 15.9 Å². The Kier molecular flexibility index (Phi) is 8.02. The Morgan fingerprint density at radius 1 is 1.29 bits per heavy atom. The van der Waals surface area contributed by atoms with Gasteiger partial charge in [-0.1, -0.05) is 34.1 Å². The molecule has 0 aliphatic carbocycles. The van der Waals surface area contributed by atoms with Gasteiger partial charge in [0.05, 0.1) is 0 Å². The van der Waals surface area contributed by atoms with Gasteiger partial charge in [0.2, 0.25) is 0 Å². The summed E-state index contributed by atoms with van der Waals surface area (Å²) >= 11 is 1.98. The van der Waals surface area contributed by atoms with E-state index in [2.05, 4.69) is 43.7 Å². The average Bonchev–Trinajstić information content (AvgIpc) is 2.04. The molecule has 0 nitrogen and oxygen atoms in total. The monoisotopic (exact) mass is 363 g/mol. The molecule has 0 atom stereocenters. The van der Waals surface area contributed by atoms with Crippen LogP contribution in [0, 0.1) is 6.07 Å². The van der Waals surface area contributed by atoms with Crippen LogP contribution < -0.4 is 0 Å². The number of hydrogen-bond donors (Lipinski definition) is 0. The fourth-order valence-corrected chi connectivity index (χ4v) is 5.69. The number of halogens is 1. The molecule has 0 aliphatic rings. The van der Waals surface area contributed by atoms with E-state index in [4.69, 9.17) is 0 Å². The van der Waals surface area contributed by atoms with E-state index in [1.54, 1.807) is 4.44 Å². The Balaban J connectivity index is 0.000000241. The van der Waals surface area contributed by atoms with Gasteiger partial charge < -0.3 is 0 Å². The maximum atomic E-state index is 3.26. The van der Waals surface area contributed by atoms with Crippen molar-refractivity contribution in [3.8, 4) is 0 Å². The van der Waals surface area contributed by atoms with E-state index < -0.39 is 18.4 Å². The maximum absolute atomic E-state index is 3.26. The van der Waals surface area contributed by atoms with Crippen LogP contribution in [-0.2, 0) is 0 Å². The average molecular weight is 363 g/mol. The Labute approximate surface area is 101 Å². The van der Waals surface area contributed by atoms with E-state index in [9.17, 15) is 0 Å². The molecule has 0 fully saturated rings. The van der Waals surface area contributed by atoms with Gasteiger partial charge in [-0.3, -0.25) is 0 Å². The zero-order valence-electron chi connectivity index (χ0n) is 9.60. The predicted molar refractivity (Wildman–Crippen MR) is 71.4 cm³/mol. The fraction of sp³-hybridized carbons (Fsp3) is 0.500. The van der Waals surface area contributed by atoms with Gasteiger partial charge >= 0.3 is 51.0 Å². The van der Waals surface area contributed by atoms with Crippen molar-refractivity contribution in [1.82, 2.24) is 0 Å². The third-order valence-electron chi connectivity index (χ3n) is 1.67. The molecule has 1 aromatic rings. The molecular weight excluding hydrogens is 343 g/mol. The molecule has 1 rings (SSSR count). The zero-order valence-corrected chi connectivity index (χ0v) is 14.0. The molecule has 0 N–H and O–H groups in total. The van der Waals surface area contributed by atoms with E-state index >= 15 is 0 Å². The molecule has 0 saturated carbocycles. The van der Waals surface area contributed by atoms with Crippen LogP contribution in [0.25, 0.3) is 0 Å².